The van der Waals surface area contributed by atoms with Gasteiger partial charge in [0.1, 0.15) is 24.4 Å². The minimum atomic E-state index is -0.498. The van der Waals surface area contributed by atoms with Crippen LogP contribution in [0.25, 0.3) is 11.2 Å². The van der Waals surface area contributed by atoms with Crippen LogP contribution in [0.2, 0.25) is 0 Å². The van der Waals surface area contributed by atoms with E-state index in [-0.39, 0.29) is 30.1 Å². The minimum Gasteiger partial charge on any atom is -0.495 e. The Balaban J connectivity index is 1.55. The molecule has 0 spiro atoms. The Morgan fingerprint density at radius 2 is 2.06 bits per heavy atom. The number of aromatic nitrogens is 5. The quantitative estimate of drug-likeness (QED) is 0.511. The van der Waals surface area contributed by atoms with Crippen LogP contribution in [0.5, 0.6) is 5.75 Å². The summed E-state index contributed by atoms with van der Waals surface area (Å²) in [6.45, 7) is 1.85. The number of carbonyl (C=O) groups is 1. The predicted octanol–water partition coefficient (Wildman–Crippen LogP) is 2.13. The Morgan fingerprint density at radius 1 is 1.23 bits per heavy atom. The molecule has 2 heterocycles. The fraction of sp³-hybridized carbons (Fsp3) is 0.190. The van der Waals surface area contributed by atoms with Crippen molar-refractivity contribution in [2.24, 2.45) is 0 Å². The molecule has 31 heavy (non-hydrogen) atoms. The first kappa shape index (κ1) is 20.2. The van der Waals surface area contributed by atoms with Crippen LogP contribution in [0, 0.1) is 12.7 Å². The van der Waals surface area contributed by atoms with Gasteiger partial charge in [0.25, 0.3) is 5.56 Å². The summed E-state index contributed by atoms with van der Waals surface area (Å²) < 4.78 is 21.2. The van der Waals surface area contributed by atoms with E-state index in [1.54, 1.807) is 24.3 Å². The number of ether oxygens (including phenoxy) is 1. The standard InChI is InChI=1S/C21H19FN6O3/c1-13-6-7-17(31-2)16(8-13)24-18(29)11-27-12-23-20-19(21(27)30)25-26-28(20)10-14-4-3-5-15(22)9-14/h3-9,12H,10-11H2,1-2H3,(H,24,29). The number of nitrogens with one attached hydrogen (secondary N) is 1. The van der Waals surface area contributed by atoms with Gasteiger partial charge < -0.3 is 10.1 Å². The number of halogens is 1. The molecule has 0 aliphatic rings. The molecule has 2 aromatic carbocycles. The predicted molar refractivity (Wildman–Crippen MR) is 111 cm³/mol. The Hall–Kier alpha value is -4.08. The zero-order valence-electron chi connectivity index (χ0n) is 16.9. The molecular formula is C21H19FN6O3. The summed E-state index contributed by atoms with van der Waals surface area (Å²) in [4.78, 5) is 29.5. The second-order valence-corrected chi connectivity index (χ2v) is 6.98. The van der Waals surface area contributed by atoms with E-state index >= 15 is 0 Å². The summed E-state index contributed by atoms with van der Waals surface area (Å²) in [5.74, 6) is -0.270. The maximum Gasteiger partial charge on any atom is 0.283 e. The van der Waals surface area contributed by atoms with Gasteiger partial charge in [0, 0.05) is 0 Å². The number of nitrogens with zero attached hydrogens (tertiary/aromatic N) is 5. The van der Waals surface area contributed by atoms with Crippen molar-refractivity contribution in [2.45, 2.75) is 20.0 Å². The summed E-state index contributed by atoms with van der Waals surface area (Å²) in [6, 6.07) is 11.4. The Bertz CT molecular complexity index is 1330. The van der Waals surface area contributed by atoms with Gasteiger partial charge in [-0.15, -0.1) is 5.10 Å². The number of hydrogen-bond donors (Lipinski definition) is 1. The van der Waals surface area contributed by atoms with Gasteiger partial charge in [-0.3, -0.25) is 14.2 Å². The van der Waals surface area contributed by atoms with Crippen LogP contribution in [-0.2, 0) is 17.9 Å². The molecule has 10 heteroatoms. The zero-order valence-corrected chi connectivity index (χ0v) is 16.9. The van der Waals surface area contributed by atoms with Crippen LogP contribution in [0.3, 0.4) is 0 Å². The number of methoxy groups -OCH3 is 1. The van der Waals surface area contributed by atoms with Crippen LogP contribution >= 0.6 is 0 Å². The third kappa shape index (κ3) is 4.27. The van der Waals surface area contributed by atoms with E-state index in [0.29, 0.717) is 17.0 Å². The Kier molecular flexibility index (Phi) is 5.44. The summed E-state index contributed by atoms with van der Waals surface area (Å²) in [5.41, 5.74) is 1.90. The number of amides is 1. The molecule has 0 fully saturated rings. The lowest BCUT2D eigenvalue weighted by Crippen LogP contribution is -2.28. The van der Waals surface area contributed by atoms with Crippen molar-refractivity contribution < 1.29 is 13.9 Å². The smallest absolute Gasteiger partial charge is 0.283 e. The first-order chi connectivity index (χ1) is 14.9. The molecule has 9 nitrogen and oxygen atoms in total. The fourth-order valence-corrected chi connectivity index (χ4v) is 3.18. The maximum absolute atomic E-state index is 13.4. The number of fused-ring (bicyclic) bond motifs is 1. The first-order valence-corrected chi connectivity index (χ1v) is 9.42. The molecule has 0 bridgehead atoms. The number of aryl methyl sites for hydroxylation is 1. The van der Waals surface area contributed by atoms with Crippen molar-refractivity contribution in [2.75, 3.05) is 12.4 Å². The molecule has 0 unspecified atom stereocenters. The average molecular weight is 422 g/mol. The van der Waals surface area contributed by atoms with Gasteiger partial charge in [0.05, 0.1) is 19.3 Å². The van der Waals surface area contributed by atoms with Gasteiger partial charge in [0.2, 0.25) is 5.91 Å². The van der Waals surface area contributed by atoms with Crippen molar-refractivity contribution in [3.63, 3.8) is 0 Å². The number of rotatable bonds is 6. The highest BCUT2D eigenvalue weighted by molar-refractivity contribution is 5.92. The third-order valence-corrected chi connectivity index (χ3v) is 4.66. The highest BCUT2D eigenvalue weighted by Gasteiger charge is 2.15. The summed E-state index contributed by atoms with van der Waals surface area (Å²) in [5, 5.41) is 10.6. The minimum absolute atomic E-state index is 0.0276. The van der Waals surface area contributed by atoms with Gasteiger partial charge in [-0.1, -0.05) is 23.4 Å². The molecule has 4 rings (SSSR count). The van der Waals surface area contributed by atoms with E-state index in [1.807, 2.05) is 13.0 Å². The molecule has 1 N–H and O–H groups in total. The highest BCUT2D eigenvalue weighted by Crippen LogP contribution is 2.25. The molecule has 0 radical (unpaired) electrons. The lowest BCUT2D eigenvalue weighted by atomic mass is 10.2. The molecule has 0 atom stereocenters. The summed E-state index contributed by atoms with van der Waals surface area (Å²) in [6.07, 6.45) is 1.27. The normalized spacial score (nSPS) is 10.9. The van der Waals surface area contributed by atoms with E-state index in [9.17, 15) is 14.0 Å². The van der Waals surface area contributed by atoms with Gasteiger partial charge in [0.15, 0.2) is 11.2 Å². The van der Waals surface area contributed by atoms with Crippen molar-refractivity contribution in [3.05, 3.63) is 76.1 Å². The van der Waals surface area contributed by atoms with E-state index in [0.717, 1.165) is 10.1 Å². The van der Waals surface area contributed by atoms with Gasteiger partial charge in [-0.25, -0.2) is 14.1 Å². The van der Waals surface area contributed by atoms with Gasteiger partial charge >= 0.3 is 0 Å². The Labute approximate surface area is 176 Å². The van der Waals surface area contributed by atoms with Crippen LogP contribution < -0.4 is 15.6 Å². The van der Waals surface area contributed by atoms with Crippen LogP contribution in [-0.4, -0.2) is 37.6 Å². The molecule has 4 aromatic rings. The first-order valence-electron chi connectivity index (χ1n) is 9.42. The molecular weight excluding hydrogens is 403 g/mol. The van der Waals surface area contributed by atoms with Crippen molar-refractivity contribution in [1.82, 2.24) is 24.5 Å². The van der Waals surface area contributed by atoms with Crippen molar-refractivity contribution in [3.8, 4) is 5.75 Å². The third-order valence-electron chi connectivity index (χ3n) is 4.66. The molecule has 0 saturated carbocycles. The van der Waals surface area contributed by atoms with Gasteiger partial charge in [-0.2, -0.15) is 0 Å². The topological polar surface area (TPSA) is 104 Å². The lowest BCUT2D eigenvalue weighted by molar-refractivity contribution is -0.116. The van der Waals surface area contributed by atoms with Crippen molar-refractivity contribution in [1.29, 1.82) is 0 Å². The average Bonchev–Trinajstić information content (AvgIpc) is 3.14. The number of benzene rings is 2. The molecule has 158 valence electrons. The molecule has 0 aliphatic carbocycles. The van der Waals surface area contributed by atoms with Gasteiger partial charge in [-0.05, 0) is 42.3 Å². The fourth-order valence-electron chi connectivity index (χ4n) is 3.18. The highest BCUT2D eigenvalue weighted by atomic mass is 19.1. The van der Waals surface area contributed by atoms with Crippen LogP contribution in [0.4, 0.5) is 10.1 Å². The summed E-state index contributed by atoms with van der Waals surface area (Å²) >= 11 is 0. The number of hydrogen-bond acceptors (Lipinski definition) is 6. The summed E-state index contributed by atoms with van der Waals surface area (Å²) in [7, 11) is 1.51. The van der Waals surface area contributed by atoms with Crippen molar-refractivity contribution >= 4 is 22.8 Å². The van der Waals surface area contributed by atoms with E-state index in [4.69, 9.17) is 4.74 Å². The second-order valence-electron chi connectivity index (χ2n) is 6.98. The Morgan fingerprint density at radius 3 is 2.84 bits per heavy atom. The number of carbonyl (C=O) groups excluding carboxylic acids is 1. The largest absolute Gasteiger partial charge is 0.495 e. The molecule has 2 aromatic heterocycles. The monoisotopic (exact) mass is 422 g/mol. The van der Waals surface area contributed by atoms with E-state index in [2.05, 4.69) is 20.6 Å². The van der Waals surface area contributed by atoms with E-state index < -0.39 is 11.5 Å². The van der Waals surface area contributed by atoms with E-state index in [1.165, 1.54) is 30.3 Å². The molecule has 0 saturated heterocycles. The second kappa shape index (κ2) is 8.34. The zero-order chi connectivity index (χ0) is 22.0. The van der Waals surface area contributed by atoms with Crippen LogP contribution in [0.15, 0.2) is 53.6 Å². The number of anilines is 1. The SMILES string of the molecule is COc1ccc(C)cc1NC(=O)Cn1cnc2c(nnn2Cc2cccc(F)c2)c1=O. The maximum atomic E-state index is 13.4. The lowest BCUT2D eigenvalue weighted by Gasteiger charge is -2.11. The molecule has 0 aliphatic heterocycles. The molecule has 1 amide bonds. The van der Waals surface area contributed by atoms with Crippen LogP contribution in [0.1, 0.15) is 11.1 Å².